The Balaban J connectivity index is 1.72. The first-order valence-corrected chi connectivity index (χ1v) is 8.78. The Labute approximate surface area is 142 Å². The highest BCUT2D eigenvalue weighted by molar-refractivity contribution is 6.30. The van der Waals surface area contributed by atoms with E-state index in [9.17, 15) is 0 Å². The highest BCUT2D eigenvalue weighted by Gasteiger charge is 2.29. The van der Waals surface area contributed by atoms with E-state index in [0.717, 1.165) is 5.75 Å². The molecule has 0 aromatic carbocycles. The van der Waals surface area contributed by atoms with Crippen LogP contribution >= 0.6 is 11.6 Å². The number of hydrogen-bond donors (Lipinski definition) is 0. The maximum absolute atomic E-state index is 5.98. The fourth-order valence-electron chi connectivity index (χ4n) is 3.50. The predicted octanol–water partition coefficient (Wildman–Crippen LogP) is 4.87. The fraction of sp³-hybridized carbons (Fsp3) is 0.556. The molecule has 0 spiro atoms. The summed E-state index contributed by atoms with van der Waals surface area (Å²) in [7, 11) is 0. The SMILES string of the molecule is CC(C)n1cncc1C1CCCCC1COc1cncc(Cl)c1. The highest BCUT2D eigenvalue weighted by atomic mass is 35.5. The number of nitrogens with zero attached hydrogens (tertiary/aromatic N) is 3. The van der Waals surface area contributed by atoms with Crippen molar-refractivity contribution in [3.8, 4) is 5.75 Å². The summed E-state index contributed by atoms with van der Waals surface area (Å²) in [5.74, 6) is 1.77. The molecule has 1 fully saturated rings. The minimum Gasteiger partial charge on any atom is -0.492 e. The predicted molar refractivity (Wildman–Crippen MR) is 92.1 cm³/mol. The Morgan fingerprint density at radius 2 is 2.04 bits per heavy atom. The van der Waals surface area contributed by atoms with E-state index >= 15 is 0 Å². The number of halogens is 1. The van der Waals surface area contributed by atoms with Gasteiger partial charge in [-0.1, -0.05) is 24.4 Å². The molecule has 0 radical (unpaired) electrons. The topological polar surface area (TPSA) is 39.9 Å². The molecule has 0 amide bonds. The summed E-state index contributed by atoms with van der Waals surface area (Å²) in [6.45, 7) is 5.12. The van der Waals surface area contributed by atoms with Crippen LogP contribution in [0.5, 0.6) is 5.75 Å². The van der Waals surface area contributed by atoms with Crippen LogP contribution in [0.4, 0.5) is 0 Å². The van der Waals surface area contributed by atoms with E-state index in [1.807, 2.05) is 18.6 Å². The van der Waals surface area contributed by atoms with Crippen molar-refractivity contribution in [3.05, 3.63) is 41.7 Å². The highest BCUT2D eigenvalue weighted by Crippen LogP contribution is 2.38. The van der Waals surface area contributed by atoms with E-state index in [0.29, 0.717) is 29.5 Å². The maximum atomic E-state index is 5.98. The summed E-state index contributed by atoms with van der Waals surface area (Å²) in [6, 6.07) is 2.26. The van der Waals surface area contributed by atoms with E-state index in [1.54, 1.807) is 12.4 Å². The zero-order valence-corrected chi connectivity index (χ0v) is 14.5. The van der Waals surface area contributed by atoms with Gasteiger partial charge >= 0.3 is 0 Å². The molecule has 0 saturated heterocycles. The van der Waals surface area contributed by atoms with E-state index in [4.69, 9.17) is 16.3 Å². The fourth-order valence-corrected chi connectivity index (χ4v) is 3.67. The third-order valence-electron chi connectivity index (χ3n) is 4.69. The molecule has 4 nitrogen and oxygen atoms in total. The Bertz CT molecular complexity index is 641. The lowest BCUT2D eigenvalue weighted by Crippen LogP contribution is -2.26. The van der Waals surface area contributed by atoms with Gasteiger partial charge in [0.05, 0.1) is 24.2 Å². The van der Waals surface area contributed by atoms with Crippen molar-refractivity contribution in [3.63, 3.8) is 0 Å². The van der Waals surface area contributed by atoms with E-state index in [1.165, 1.54) is 31.4 Å². The quantitative estimate of drug-likeness (QED) is 0.784. The van der Waals surface area contributed by atoms with Crippen LogP contribution in [-0.2, 0) is 0 Å². The van der Waals surface area contributed by atoms with Gasteiger partial charge in [0.2, 0.25) is 0 Å². The summed E-state index contributed by atoms with van der Waals surface area (Å²) >= 11 is 5.98. The first-order valence-electron chi connectivity index (χ1n) is 8.40. The van der Waals surface area contributed by atoms with Crippen LogP contribution in [-0.4, -0.2) is 21.1 Å². The van der Waals surface area contributed by atoms with Gasteiger partial charge in [0.1, 0.15) is 5.75 Å². The molecule has 2 heterocycles. The Hall–Kier alpha value is -1.55. The van der Waals surface area contributed by atoms with Crippen molar-refractivity contribution in [2.75, 3.05) is 6.61 Å². The molecule has 1 saturated carbocycles. The van der Waals surface area contributed by atoms with Crippen LogP contribution < -0.4 is 4.74 Å². The third-order valence-corrected chi connectivity index (χ3v) is 4.89. The first-order chi connectivity index (χ1) is 11.1. The van der Waals surface area contributed by atoms with Gasteiger partial charge in [-0.25, -0.2) is 4.98 Å². The van der Waals surface area contributed by atoms with Gasteiger partial charge < -0.3 is 9.30 Å². The van der Waals surface area contributed by atoms with E-state index < -0.39 is 0 Å². The normalized spacial score (nSPS) is 21.6. The first kappa shape index (κ1) is 16.3. The van der Waals surface area contributed by atoms with Crippen molar-refractivity contribution in [2.24, 2.45) is 5.92 Å². The van der Waals surface area contributed by atoms with Crippen LogP contribution in [0.1, 0.15) is 57.2 Å². The van der Waals surface area contributed by atoms with Crippen LogP contribution in [0.3, 0.4) is 0 Å². The average molecular weight is 334 g/mol. The van der Waals surface area contributed by atoms with Gasteiger partial charge in [-0.05, 0) is 26.7 Å². The molecule has 1 aliphatic rings. The summed E-state index contributed by atoms with van der Waals surface area (Å²) in [5, 5.41) is 0.612. The maximum Gasteiger partial charge on any atom is 0.139 e. The molecule has 5 heteroatoms. The van der Waals surface area contributed by atoms with Gasteiger partial charge in [-0.2, -0.15) is 0 Å². The largest absolute Gasteiger partial charge is 0.492 e. The zero-order valence-electron chi connectivity index (χ0n) is 13.8. The summed E-state index contributed by atoms with van der Waals surface area (Å²) in [6.07, 6.45) is 12.3. The molecule has 0 N–H and O–H groups in total. The second-order valence-electron chi connectivity index (χ2n) is 6.62. The van der Waals surface area contributed by atoms with Crippen molar-refractivity contribution < 1.29 is 4.74 Å². The van der Waals surface area contributed by atoms with Crippen molar-refractivity contribution in [1.82, 2.24) is 14.5 Å². The lowest BCUT2D eigenvalue weighted by molar-refractivity contribution is 0.181. The molecule has 2 aromatic heterocycles. The third kappa shape index (κ3) is 3.86. The van der Waals surface area contributed by atoms with Gasteiger partial charge in [-0.3, -0.25) is 4.98 Å². The van der Waals surface area contributed by atoms with Crippen LogP contribution in [0, 0.1) is 5.92 Å². The number of imidazole rings is 1. The molecular weight excluding hydrogens is 310 g/mol. The van der Waals surface area contributed by atoms with Gasteiger partial charge in [-0.15, -0.1) is 0 Å². The molecule has 23 heavy (non-hydrogen) atoms. The summed E-state index contributed by atoms with van der Waals surface area (Å²) in [5.41, 5.74) is 1.34. The minimum absolute atomic E-state index is 0.438. The number of pyridine rings is 1. The van der Waals surface area contributed by atoms with Gasteiger partial charge in [0.15, 0.2) is 0 Å². The standard InChI is InChI=1S/C18H24ClN3O/c1-13(2)22-12-21-10-18(22)17-6-4-3-5-14(17)11-23-16-7-15(19)8-20-9-16/h7-10,12-14,17H,3-6,11H2,1-2H3. The van der Waals surface area contributed by atoms with Crippen LogP contribution in [0.15, 0.2) is 31.0 Å². The Kier molecular flexibility index (Phi) is 5.21. The average Bonchev–Trinajstić information content (AvgIpc) is 3.03. The van der Waals surface area contributed by atoms with E-state index in [-0.39, 0.29) is 0 Å². The molecule has 3 rings (SSSR count). The summed E-state index contributed by atoms with van der Waals surface area (Å²) < 4.78 is 8.27. The molecular formula is C18H24ClN3O. The molecule has 2 unspecified atom stereocenters. The molecule has 0 bridgehead atoms. The Morgan fingerprint density at radius 1 is 1.22 bits per heavy atom. The Morgan fingerprint density at radius 3 is 2.83 bits per heavy atom. The summed E-state index contributed by atoms with van der Waals surface area (Å²) in [4.78, 5) is 8.46. The van der Waals surface area contributed by atoms with Gasteiger partial charge in [0, 0.05) is 42.0 Å². The molecule has 2 aromatic rings. The minimum atomic E-state index is 0.438. The lowest BCUT2D eigenvalue weighted by atomic mass is 9.78. The van der Waals surface area contributed by atoms with Crippen LogP contribution in [0.25, 0.3) is 0 Å². The zero-order chi connectivity index (χ0) is 16.2. The second-order valence-corrected chi connectivity index (χ2v) is 7.06. The lowest BCUT2D eigenvalue weighted by Gasteiger charge is -2.32. The molecule has 1 aliphatic carbocycles. The number of hydrogen-bond acceptors (Lipinski definition) is 3. The molecule has 0 aliphatic heterocycles. The van der Waals surface area contributed by atoms with Crippen LogP contribution in [0.2, 0.25) is 5.02 Å². The van der Waals surface area contributed by atoms with E-state index in [2.05, 4.69) is 28.4 Å². The smallest absolute Gasteiger partial charge is 0.139 e. The van der Waals surface area contributed by atoms with Crippen molar-refractivity contribution in [1.29, 1.82) is 0 Å². The van der Waals surface area contributed by atoms with Crippen molar-refractivity contribution in [2.45, 2.75) is 51.5 Å². The molecule has 124 valence electrons. The number of aromatic nitrogens is 3. The number of ether oxygens (including phenoxy) is 1. The molecule has 2 atom stereocenters. The van der Waals surface area contributed by atoms with Gasteiger partial charge in [0.25, 0.3) is 0 Å². The monoisotopic (exact) mass is 333 g/mol. The second kappa shape index (κ2) is 7.35. The number of rotatable bonds is 5. The van der Waals surface area contributed by atoms with Crippen molar-refractivity contribution >= 4 is 11.6 Å².